The van der Waals surface area contributed by atoms with Crippen molar-refractivity contribution in [1.29, 1.82) is 5.26 Å². The Bertz CT molecular complexity index is 922. The zero-order chi connectivity index (χ0) is 20.8. The molecule has 1 saturated carbocycles. The van der Waals surface area contributed by atoms with Gasteiger partial charge in [-0.3, -0.25) is 9.59 Å². The molecule has 0 spiro atoms. The molecule has 0 unspecified atom stereocenters. The number of para-hydroxylation sites is 1. The Balaban J connectivity index is 1.54. The number of amides is 2. The highest BCUT2D eigenvalue weighted by molar-refractivity contribution is 5.95. The molecular weight excluding hydrogens is 362 g/mol. The van der Waals surface area contributed by atoms with Gasteiger partial charge in [-0.2, -0.15) is 5.26 Å². The lowest BCUT2D eigenvalue weighted by atomic mass is 9.81. The SMILES string of the molecule is CC(C)c1ccccc1NC(=O)C1CCC(C(=O)Nc2cccc(C#N)c2)CC1. The number of hydrogen-bond acceptors (Lipinski definition) is 3. The second-order valence-electron chi connectivity index (χ2n) is 7.96. The molecule has 29 heavy (non-hydrogen) atoms. The van der Waals surface area contributed by atoms with E-state index < -0.39 is 0 Å². The fourth-order valence-electron chi connectivity index (χ4n) is 3.88. The highest BCUT2D eigenvalue weighted by atomic mass is 16.2. The molecule has 0 aliphatic heterocycles. The van der Waals surface area contributed by atoms with Crippen LogP contribution in [0, 0.1) is 23.2 Å². The molecule has 0 atom stereocenters. The summed E-state index contributed by atoms with van der Waals surface area (Å²) in [5.74, 6) is 0.169. The molecule has 2 amide bonds. The van der Waals surface area contributed by atoms with Crippen molar-refractivity contribution >= 4 is 23.2 Å². The monoisotopic (exact) mass is 389 g/mol. The Kier molecular flexibility index (Phi) is 6.66. The van der Waals surface area contributed by atoms with E-state index in [1.165, 1.54) is 0 Å². The second kappa shape index (κ2) is 9.38. The number of anilines is 2. The fourth-order valence-corrected chi connectivity index (χ4v) is 3.88. The Hall–Kier alpha value is -3.13. The van der Waals surface area contributed by atoms with Gasteiger partial charge in [0.25, 0.3) is 0 Å². The third kappa shape index (κ3) is 5.23. The van der Waals surface area contributed by atoms with Crippen molar-refractivity contribution in [3.63, 3.8) is 0 Å². The third-order valence-electron chi connectivity index (χ3n) is 5.57. The van der Waals surface area contributed by atoms with Crippen LogP contribution in [0.4, 0.5) is 11.4 Å². The van der Waals surface area contributed by atoms with E-state index in [1.54, 1.807) is 24.3 Å². The molecule has 150 valence electrons. The summed E-state index contributed by atoms with van der Waals surface area (Å²) in [4.78, 5) is 25.3. The van der Waals surface area contributed by atoms with Crippen LogP contribution in [0.25, 0.3) is 0 Å². The first-order valence-corrected chi connectivity index (χ1v) is 10.2. The molecule has 2 N–H and O–H groups in total. The maximum absolute atomic E-state index is 12.7. The van der Waals surface area contributed by atoms with Crippen LogP contribution in [0.5, 0.6) is 0 Å². The number of hydrogen-bond donors (Lipinski definition) is 2. The molecule has 2 aromatic carbocycles. The summed E-state index contributed by atoms with van der Waals surface area (Å²) < 4.78 is 0. The highest BCUT2D eigenvalue weighted by Gasteiger charge is 2.30. The van der Waals surface area contributed by atoms with E-state index in [1.807, 2.05) is 24.3 Å². The quantitative estimate of drug-likeness (QED) is 0.749. The van der Waals surface area contributed by atoms with Gasteiger partial charge in [-0.05, 0) is 61.4 Å². The summed E-state index contributed by atoms with van der Waals surface area (Å²) in [6.07, 6.45) is 2.78. The minimum absolute atomic E-state index is 0.0379. The van der Waals surface area contributed by atoms with Crippen molar-refractivity contribution in [2.45, 2.75) is 45.4 Å². The van der Waals surface area contributed by atoms with Crippen molar-refractivity contribution in [3.8, 4) is 6.07 Å². The van der Waals surface area contributed by atoms with E-state index in [-0.39, 0.29) is 23.7 Å². The van der Waals surface area contributed by atoms with E-state index >= 15 is 0 Å². The van der Waals surface area contributed by atoms with Gasteiger partial charge in [0.2, 0.25) is 11.8 Å². The summed E-state index contributed by atoms with van der Waals surface area (Å²) >= 11 is 0. The van der Waals surface area contributed by atoms with Crippen molar-refractivity contribution in [3.05, 3.63) is 59.7 Å². The molecule has 0 bridgehead atoms. The Morgan fingerprint density at radius 1 is 0.931 bits per heavy atom. The first kappa shape index (κ1) is 20.6. The van der Waals surface area contributed by atoms with Crippen LogP contribution in [0.3, 0.4) is 0 Å². The normalized spacial score (nSPS) is 18.7. The van der Waals surface area contributed by atoms with Crippen LogP contribution in [0.15, 0.2) is 48.5 Å². The highest BCUT2D eigenvalue weighted by Crippen LogP contribution is 2.32. The van der Waals surface area contributed by atoms with Gasteiger partial charge in [0.15, 0.2) is 0 Å². The molecule has 1 aliphatic rings. The topological polar surface area (TPSA) is 82.0 Å². The number of rotatable bonds is 5. The fraction of sp³-hybridized carbons (Fsp3) is 0.375. The minimum Gasteiger partial charge on any atom is -0.326 e. The zero-order valence-electron chi connectivity index (χ0n) is 16.9. The largest absolute Gasteiger partial charge is 0.326 e. The predicted molar refractivity (Wildman–Crippen MR) is 114 cm³/mol. The van der Waals surface area contributed by atoms with Crippen LogP contribution in [-0.2, 0) is 9.59 Å². The Morgan fingerprint density at radius 2 is 1.55 bits per heavy atom. The summed E-state index contributed by atoms with van der Waals surface area (Å²) in [6, 6.07) is 16.9. The number of nitrogens with one attached hydrogen (secondary N) is 2. The first-order chi connectivity index (χ1) is 14.0. The van der Waals surface area contributed by atoms with Gasteiger partial charge in [-0.1, -0.05) is 38.1 Å². The molecule has 0 aromatic heterocycles. The van der Waals surface area contributed by atoms with E-state index in [0.29, 0.717) is 42.9 Å². The van der Waals surface area contributed by atoms with E-state index in [9.17, 15) is 9.59 Å². The number of carbonyl (C=O) groups excluding carboxylic acids is 2. The van der Waals surface area contributed by atoms with E-state index in [4.69, 9.17) is 5.26 Å². The van der Waals surface area contributed by atoms with Gasteiger partial charge in [-0.25, -0.2) is 0 Å². The van der Waals surface area contributed by atoms with Gasteiger partial charge >= 0.3 is 0 Å². The average Bonchev–Trinajstić information content (AvgIpc) is 2.74. The third-order valence-corrected chi connectivity index (χ3v) is 5.57. The lowest BCUT2D eigenvalue weighted by Crippen LogP contribution is -2.32. The van der Waals surface area contributed by atoms with Gasteiger partial charge in [0.1, 0.15) is 0 Å². The predicted octanol–water partition coefficient (Wildman–Crippen LogP) is 5.07. The van der Waals surface area contributed by atoms with Crippen LogP contribution >= 0.6 is 0 Å². The molecule has 1 aliphatic carbocycles. The standard InChI is InChI=1S/C24H27N3O2/c1-16(2)21-8-3-4-9-22(21)27-24(29)19-12-10-18(11-13-19)23(28)26-20-7-5-6-17(14-20)15-25/h3-9,14,16,18-19H,10-13H2,1-2H3,(H,26,28)(H,27,29). The molecule has 2 aromatic rings. The van der Waals surface area contributed by atoms with Crippen LogP contribution < -0.4 is 10.6 Å². The molecule has 0 heterocycles. The molecule has 5 nitrogen and oxygen atoms in total. The number of nitrogens with zero attached hydrogens (tertiary/aromatic N) is 1. The van der Waals surface area contributed by atoms with Crippen molar-refractivity contribution in [1.82, 2.24) is 0 Å². The van der Waals surface area contributed by atoms with Gasteiger partial charge in [-0.15, -0.1) is 0 Å². The summed E-state index contributed by atoms with van der Waals surface area (Å²) in [5, 5.41) is 15.0. The minimum atomic E-state index is -0.104. The smallest absolute Gasteiger partial charge is 0.227 e. The molecule has 0 radical (unpaired) electrons. The van der Waals surface area contributed by atoms with Crippen LogP contribution in [-0.4, -0.2) is 11.8 Å². The number of carbonyl (C=O) groups is 2. The van der Waals surface area contributed by atoms with Crippen LogP contribution in [0.1, 0.15) is 56.6 Å². The summed E-state index contributed by atoms with van der Waals surface area (Å²) in [6.45, 7) is 4.22. The van der Waals surface area contributed by atoms with Gasteiger partial charge < -0.3 is 10.6 Å². The Morgan fingerprint density at radius 3 is 2.17 bits per heavy atom. The summed E-state index contributed by atoms with van der Waals surface area (Å²) in [5.41, 5.74) is 3.17. The van der Waals surface area contributed by atoms with E-state index in [0.717, 1.165) is 11.3 Å². The molecule has 1 fully saturated rings. The van der Waals surface area contributed by atoms with Crippen LogP contribution in [0.2, 0.25) is 0 Å². The number of benzene rings is 2. The molecule has 5 heteroatoms. The average molecular weight is 389 g/mol. The molecule has 0 saturated heterocycles. The molecular formula is C24H27N3O2. The number of nitriles is 1. The van der Waals surface area contributed by atoms with Crippen molar-refractivity contribution in [2.75, 3.05) is 10.6 Å². The molecule has 3 rings (SSSR count). The lowest BCUT2D eigenvalue weighted by molar-refractivity contribution is -0.125. The lowest BCUT2D eigenvalue weighted by Gasteiger charge is -2.27. The van der Waals surface area contributed by atoms with Gasteiger partial charge in [0.05, 0.1) is 11.6 Å². The van der Waals surface area contributed by atoms with Gasteiger partial charge in [0, 0.05) is 23.2 Å². The van der Waals surface area contributed by atoms with Crippen molar-refractivity contribution < 1.29 is 9.59 Å². The second-order valence-corrected chi connectivity index (χ2v) is 7.96. The summed E-state index contributed by atoms with van der Waals surface area (Å²) in [7, 11) is 0. The zero-order valence-corrected chi connectivity index (χ0v) is 16.9. The Labute approximate surface area is 172 Å². The van der Waals surface area contributed by atoms with Crippen molar-refractivity contribution in [2.24, 2.45) is 11.8 Å². The maximum atomic E-state index is 12.7. The maximum Gasteiger partial charge on any atom is 0.227 e. The van der Waals surface area contributed by atoms with E-state index in [2.05, 4.69) is 30.6 Å². The first-order valence-electron chi connectivity index (χ1n) is 10.2.